The van der Waals surface area contributed by atoms with E-state index in [2.05, 4.69) is 19.2 Å². The Hall–Kier alpha value is -1.74. The molecule has 0 saturated heterocycles. The van der Waals surface area contributed by atoms with Gasteiger partial charge in [0.25, 0.3) is 0 Å². The molecular formula is C17H19ClFNO. The summed E-state index contributed by atoms with van der Waals surface area (Å²) in [6, 6.07) is 12.5. The molecule has 4 heteroatoms. The van der Waals surface area contributed by atoms with Gasteiger partial charge in [-0.1, -0.05) is 37.6 Å². The molecule has 0 saturated carbocycles. The average molecular weight is 308 g/mol. The summed E-state index contributed by atoms with van der Waals surface area (Å²) in [6.45, 7) is 5.59. The van der Waals surface area contributed by atoms with Crippen molar-refractivity contribution in [1.29, 1.82) is 0 Å². The molecule has 2 aromatic rings. The van der Waals surface area contributed by atoms with Crippen molar-refractivity contribution in [3.8, 4) is 5.75 Å². The predicted molar refractivity (Wildman–Crippen MR) is 85.5 cm³/mol. The molecule has 0 radical (unpaired) electrons. The normalized spacial score (nSPS) is 10.7. The van der Waals surface area contributed by atoms with Gasteiger partial charge in [-0.2, -0.15) is 0 Å². The number of hydrogen-bond acceptors (Lipinski definition) is 2. The highest BCUT2D eigenvalue weighted by Gasteiger charge is 2.01. The van der Waals surface area contributed by atoms with Gasteiger partial charge in [0.05, 0.1) is 11.6 Å². The van der Waals surface area contributed by atoms with E-state index in [1.165, 1.54) is 6.07 Å². The van der Waals surface area contributed by atoms with Crippen molar-refractivity contribution in [3.63, 3.8) is 0 Å². The van der Waals surface area contributed by atoms with Gasteiger partial charge in [-0.05, 0) is 41.8 Å². The zero-order valence-corrected chi connectivity index (χ0v) is 13.0. The highest BCUT2D eigenvalue weighted by molar-refractivity contribution is 6.31. The molecule has 21 heavy (non-hydrogen) atoms. The molecule has 2 nitrogen and oxygen atoms in total. The predicted octanol–water partition coefficient (Wildman–Crippen LogP) is 5.13. The lowest BCUT2D eigenvalue weighted by molar-refractivity contribution is 0.271. The summed E-state index contributed by atoms with van der Waals surface area (Å²) in [7, 11) is 0. The van der Waals surface area contributed by atoms with E-state index in [0.29, 0.717) is 19.1 Å². The molecule has 0 aliphatic carbocycles. The maximum Gasteiger partial charge on any atom is 0.141 e. The third kappa shape index (κ3) is 4.94. The van der Waals surface area contributed by atoms with E-state index in [0.717, 1.165) is 17.0 Å². The Kier molecular flexibility index (Phi) is 5.45. The van der Waals surface area contributed by atoms with Crippen LogP contribution in [0, 0.1) is 11.7 Å². The number of rotatable bonds is 6. The van der Waals surface area contributed by atoms with E-state index < -0.39 is 5.82 Å². The van der Waals surface area contributed by atoms with Crippen LogP contribution >= 0.6 is 11.6 Å². The maximum absolute atomic E-state index is 13.1. The number of ether oxygens (including phenoxy) is 1. The van der Waals surface area contributed by atoms with Gasteiger partial charge in [-0.3, -0.25) is 0 Å². The summed E-state index contributed by atoms with van der Waals surface area (Å²) in [5.74, 6) is 0.973. The SMILES string of the molecule is CC(C)COc1ccc(CNc2ccc(F)c(Cl)c2)cc1. The van der Waals surface area contributed by atoms with Crippen LogP contribution in [0.4, 0.5) is 10.1 Å². The Morgan fingerprint density at radius 2 is 1.86 bits per heavy atom. The summed E-state index contributed by atoms with van der Waals surface area (Å²) >= 11 is 5.75. The van der Waals surface area contributed by atoms with Crippen LogP contribution in [-0.2, 0) is 6.54 Å². The van der Waals surface area contributed by atoms with Gasteiger partial charge in [0.2, 0.25) is 0 Å². The van der Waals surface area contributed by atoms with Gasteiger partial charge in [-0.25, -0.2) is 4.39 Å². The number of benzene rings is 2. The van der Waals surface area contributed by atoms with E-state index in [1.54, 1.807) is 12.1 Å². The van der Waals surface area contributed by atoms with Crippen molar-refractivity contribution in [1.82, 2.24) is 0 Å². The summed E-state index contributed by atoms with van der Waals surface area (Å²) in [4.78, 5) is 0. The number of hydrogen-bond donors (Lipinski definition) is 1. The monoisotopic (exact) mass is 307 g/mol. The van der Waals surface area contributed by atoms with Gasteiger partial charge >= 0.3 is 0 Å². The molecule has 0 aliphatic rings. The van der Waals surface area contributed by atoms with Crippen LogP contribution in [0.1, 0.15) is 19.4 Å². The Labute approximate surface area is 129 Å². The number of halogens is 2. The van der Waals surface area contributed by atoms with Crippen LogP contribution in [0.3, 0.4) is 0 Å². The minimum absolute atomic E-state index is 0.123. The first-order chi connectivity index (χ1) is 10.0. The molecule has 0 amide bonds. The van der Waals surface area contributed by atoms with E-state index >= 15 is 0 Å². The van der Waals surface area contributed by atoms with Gasteiger partial charge in [0.15, 0.2) is 0 Å². The van der Waals surface area contributed by atoms with Crippen molar-refractivity contribution < 1.29 is 9.13 Å². The molecule has 1 N–H and O–H groups in total. The zero-order valence-electron chi connectivity index (χ0n) is 12.2. The van der Waals surface area contributed by atoms with Gasteiger partial charge in [0, 0.05) is 12.2 Å². The summed E-state index contributed by atoms with van der Waals surface area (Å²) in [5, 5.41) is 3.33. The van der Waals surface area contributed by atoms with Crippen LogP contribution in [0.25, 0.3) is 0 Å². The molecule has 112 valence electrons. The Morgan fingerprint density at radius 1 is 1.14 bits per heavy atom. The van der Waals surface area contributed by atoms with E-state index in [1.807, 2.05) is 24.3 Å². The van der Waals surface area contributed by atoms with E-state index in [9.17, 15) is 4.39 Å². The lowest BCUT2D eigenvalue weighted by atomic mass is 10.2. The van der Waals surface area contributed by atoms with Crippen molar-refractivity contribution in [3.05, 3.63) is 58.9 Å². The molecule has 2 rings (SSSR count). The topological polar surface area (TPSA) is 21.3 Å². The quantitative estimate of drug-likeness (QED) is 0.799. The molecule has 0 spiro atoms. The first kappa shape index (κ1) is 15.6. The maximum atomic E-state index is 13.1. The minimum atomic E-state index is -0.408. The van der Waals surface area contributed by atoms with Gasteiger partial charge in [0.1, 0.15) is 11.6 Å². The second-order valence-electron chi connectivity index (χ2n) is 5.33. The highest BCUT2D eigenvalue weighted by atomic mass is 35.5. The standard InChI is InChI=1S/C17H19ClFNO/c1-12(2)11-21-15-6-3-13(4-7-15)10-20-14-5-8-17(19)16(18)9-14/h3-9,12,20H,10-11H2,1-2H3. The van der Waals surface area contributed by atoms with Gasteiger partial charge in [-0.15, -0.1) is 0 Å². The fourth-order valence-corrected chi connectivity index (χ4v) is 1.96. The minimum Gasteiger partial charge on any atom is -0.493 e. The third-order valence-corrected chi connectivity index (χ3v) is 3.21. The summed E-state index contributed by atoms with van der Waals surface area (Å²) < 4.78 is 18.7. The molecule has 0 aromatic heterocycles. The second-order valence-corrected chi connectivity index (χ2v) is 5.74. The first-order valence-corrected chi connectivity index (χ1v) is 7.33. The van der Waals surface area contributed by atoms with Crippen LogP contribution in [0.5, 0.6) is 5.75 Å². The average Bonchev–Trinajstić information content (AvgIpc) is 2.47. The van der Waals surface area contributed by atoms with Crippen molar-refractivity contribution >= 4 is 17.3 Å². The van der Waals surface area contributed by atoms with Crippen LogP contribution in [0.15, 0.2) is 42.5 Å². The summed E-state index contributed by atoms with van der Waals surface area (Å²) in [5.41, 5.74) is 1.91. The number of nitrogens with one attached hydrogen (secondary N) is 1. The molecule has 0 unspecified atom stereocenters. The van der Waals surface area contributed by atoms with Gasteiger partial charge < -0.3 is 10.1 Å². The third-order valence-electron chi connectivity index (χ3n) is 2.92. The largest absolute Gasteiger partial charge is 0.493 e. The molecule has 0 atom stereocenters. The molecular weight excluding hydrogens is 289 g/mol. The molecule has 0 fully saturated rings. The lowest BCUT2D eigenvalue weighted by Gasteiger charge is -2.10. The van der Waals surface area contributed by atoms with Crippen molar-refractivity contribution in [2.24, 2.45) is 5.92 Å². The fourth-order valence-electron chi connectivity index (χ4n) is 1.78. The Bertz CT molecular complexity index is 584. The fraction of sp³-hybridized carbons (Fsp3) is 0.294. The Balaban J connectivity index is 1.89. The van der Waals surface area contributed by atoms with E-state index in [4.69, 9.17) is 16.3 Å². The van der Waals surface area contributed by atoms with Crippen molar-refractivity contribution in [2.45, 2.75) is 20.4 Å². The lowest BCUT2D eigenvalue weighted by Crippen LogP contribution is -2.04. The Morgan fingerprint density at radius 3 is 2.48 bits per heavy atom. The van der Waals surface area contributed by atoms with Crippen molar-refractivity contribution in [2.75, 3.05) is 11.9 Å². The molecule has 2 aromatic carbocycles. The second kappa shape index (κ2) is 7.32. The van der Waals surface area contributed by atoms with Crippen LogP contribution < -0.4 is 10.1 Å². The van der Waals surface area contributed by atoms with Crippen LogP contribution in [0.2, 0.25) is 5.02 Å². The highest BCUT2D eigenvalue weighted by Crippen LogP contribution is 2.20. The van der Waals surface area contributed by atoms with Crippen LogP contribution in [-0.4, -0.2) is 6.61 Å². The summed E-state index contributed by atoms with van der Waals surface area (Å²) in [6.07, 6.45) is 0. The number of anilines is 1. The smallest absolute Gasteiger partial charge is 0.141 e. The van der Waals surface area contributed by atoms with E-state index in [-0.39, 0.29) is 5.02 Å². The zero-order chi connectivity index (χ0) is 15.2. The molecule has 0 bridgehead atoms. The first-order valence-electron chi connectivity index (χ1n) is 6.95. The molecule has 0 heterocycles. The molecule has 0 aliphatic heterocycles.